The maximum Gasteiger partial charge on any atom is 0.293 e. The van der Waals surface area contributed by atoms with Gasteiger partial charge in [0, 0.05) is 24.5 Å². The van der Waals surface area contributed by atoms with Crippen LogP contribution in [0.15, 0.2) is 52.5 Å². The minimum Gasteiger partial charge on any atom is -0.459 e. The number of nitrogens with one attached hydrogen (secondary N) is 1. The molecule has 0 fully saturated rings. The molecular weight excluding hydrogens is 357 g/mol. The van der Waals surface area contributed by atoms with Crippen LogP contribution in [0.4, 0.5) is 9.52 Å². The lowest BCUT2D eigenvalue weighted by atomic mass is 10.2. The quantitative estimate of drug-likeness (QED) is 0.719. The van der Waals surface area contributed by atoms with E-state index in [9.17, 15) is 14.0 Å². The van der Waals surface area contributed by atoms with Gasteiger partial charge in [0.1, 0.15) is 5.82 Å². The molecule has 26 heavy (non-hydrogen) atoms. The summed E-state index contributed by atoms with van der Waals surface area (Å²) in [5, 5.41) is 4.70. The average Bonchev–Trinajstić information content (AvgIpc) is 3.29. The molecule has 8 heteroatoms. The zero-order chi connectivity index (χ0) is 18.5. The normalized spacial score (nSPS) is 10.5. The molecule has 134 valence electrons. The number of amides is 2. The molecule has 0 bridgehead atoms. The Morgan fingerprint density at radius 1 is 1.27 bits per heavy atom. The molecule has 0 unspecified atom stereocenters. The van der Waals surface area contributed by atoms with Crippen molar-refractivity contribution in [3.8, 4) is 0 Å². The third kappa shape index (κ3) is 4.34. The van der Waals surface area contributed by atoms with Gasteiger partial charge in [-0.3, -0.25) is 14.9 Å². The first kappa shape index (κ1) is 17.8. The highest BCUT2D eigenvalue weighted by atomic mass is 32.1. The summed E-state index contributed by atoms with van der Waals surface area (Å²) in [6.07, 6.45) is 1.48. The second-order valence-corrected chi connectivity index (χ2v) is 6.45. The van der Waals surface area contributed by atoms with Gasteiger partial charge in [0.25, 0.3) is 5.91 Å². The zero-order valence-electron chi connectivity index (χ0n) is 13.9. The van der Waals surface area contributed by atoms with Crippen LogP contribution in [0.25, 0.3) is 0 Å². The van der Waals surface area contributed by atoms with Crippen molar-refractivity contribution in [3.63, 3.8) is 0 Å². The standard InChI is InChI=1S/C18H16FN3O3S/c1-22(10-12-5-2-3-6-14(12)19)16(23)9-13-11-26-18(20-13)21-17(24)15-7-4-8-25-15/h2-8,11H,9-10H2,1H3,(H,20,21,24). The van der Waals surface area contributed by atoms with Crippen molar-refractivity contribution in [2.24, 2.45) is 0 Å². The van der Waals surface area contributed by atoms with Gasteiger partial charge in [0.05, 0.1) is 18.4 Å². The van der Waals surface area contributed by atoms with Gasteiger partial charge in [-0.15, -0.1) is 11.3 Å². The first-order chi connectivity index (χ1) is 12.5. The van der Waals surface area contributed by atoms with Gasteiger partial charge in [-0.1, -0.05) is 18.2 Å². The summed E-state index contributed by atoms with van der Waals surface area (Å²) < 4.78 is 18.7. The van der Waals surface area contributed by atoms with Crippen molar-refractivity contribution >= 4 is 28.3 Å². The second kappa shape index (κ2) is 7.92. The Morgan fingerprint density at radius 2 is 2.08 bits per heavy atom. The number of halogens is 1. The van der Waals surface area contributed by atoms with Crippen molar-refractivity contribution in [1.82, 2.24) is 9.88 Å². The van der Waals surface area contributed by atoms with Gasteiger partial charge in [0.2, 0.25) is 5.91 Å². The van der Waals surface area contributed by atoms with E-state index in [-0.39, 0.29) is 30.5 Å². The summed E-state index contributed by atoms with van der Waals surface area (Å²) in [7, 11) is 1.61. The molecule has 0 spiro atoms. The van der Waals surface area contributed by atoms with Crippen molar-refractivity contribution in [2.45, 2.75) is 13.0 Å². The topological polar surface area (TPSA) is 75.4 Å². The highest BCUT2D eigenvalue weighted by Crippen LogP contribution is 2.18. The molecule has 0 aliphatic rings. The molecule has 1 N–H and O–H groups in total. The van der Waals surface area contributed by atoms with Gasteiger partial charge < -0.3 is 9.32 Å². The number of likely N-dealkylation sites (N-methyl/N-ethyl adjacent to an activating group) is 1. The second-order valence-electron chi connectivity index (χ2n) is 5.59. The fourth-order valence-electron chi connectivity index (χ4n) is 2.27. The number of carbonyl (C=O) groups excluding carboxylic acids is 2. The Hall–Kier alpha value is -3.00. The van der Waals surface area contributed by atoms with Crippen LogP contribution in [0.5, 0.6) is 0 Å². The minimum atomic E-state index is -0.404. The third-order valence-corrected chi connectivity index (χ3v) is 4.45. The first-order valence-electron chi connectivity index (χ1n) is 7.79. The summed E-state index contributed by atoms with van der Waals surface area (Å²) in [5.74, 6) is -0.757. The molecule has 2 aromatic heterocycles. The van der Waals surface area contributed by atoms with E-state index in [1.165, 1.54) is 28.6 Å². The van der Waals surface area contributed by atoms with E-state index >= 15 is 0 Å². The SMILES string of the molecule is CN(Cc1ccccc1F)C(=O)Cc1csc(NC(=O)c2ccco2)n1. The van der Waals surface area contributed by atoms with Crippen LogP contribution in [0, 0.1) is 5.82 Å². The van der Waals surface area contributed by atoms with E-state index < -0.39 is 5.91 Å². The summed E-state index contributed by atoms with van der Waals surface area (Å²) in [4.78, 5) is 29.9. The molecule has 0 aliphatic heterocycles. The van der Waals surface area contributed by atoms with Crippen LogP contribution in [0.3, 0.4) is 0 Å². The maximum atomic E-state index is 13.7. The van der Waals surface area contributed by atoms with E-state index in [1.54, 1.807) is 42.8 Å². The molecule has 0 radical (unpaired) electrons. The monoisotopic (exact) mass is 373 g/mol. The van der Waals surface area contributed by atoms with Gasteiger partial charge >= 0.3 is 0 Å². The number of hydrogen-bond donors (Lipinski definition) is 1. The number of carbonyl (C=O) groups is 2. The Kier molecular flexibility index (Phi) is 5.43. The lowest BCUT2D eigenvalue weighted by Gasteiger charge is -2.17. The van der Waals surface area contributed by atoms with Gasteiger partial charge in [0.15, 0.2) is 10.9 Å². The Balaban J connectivity index is 1.57. The Bertz CT molecular complexity index is 908. The van der Waals surface area contributed by atoms with Crippen molar-refractivity contribution < 1.29 is 18.4 Å². The molecule has 1 aromatic carbocycles. The smallest absolute Gasteiger partial charge is 0.293 e. The van der Waals surface area contributed by atoms with E-state index in [0.717, 1.165) is 0 Å². The number of hydrogen-bond acceptors (Lipinski definition) is 5. The number of furan rings is 1. The zero-order valence-corrected chi connectivity index (χ0v) is 14.8. The third-order valence-electron chi connectivity index (χ3n) is 3.64. The molecule has 3 aromatic rings. The van der Waals surface area contributed by atoms with Crippen LogP contribution in [-0.4, -0.2) is 28.7 Å². The number of aromatic nitrogens is 1. The van der Waals surface area contributed by atoms with Gasteiger partial charge in [-0.2, -0.15) is 0 Å². The number of anilines is 1. The molecule has 0 aliphatic carbocycles. The summed E-state index contributed by atoms with van der Waals surface area (Å²) >= 11 is 1.22. The Labute approximate surface area is 153 Å². The van der Waals surface area contributed by atoms with E-state index in [0.29, 0.717) is 16.4 Å². The van der Waals surface area contributed by atoms with Crippen LogP contribution < -0.4 is 5.32 Å². The lowest BCUT2D eigenvalue weighted by molar-refractivity contribution is -0.129. The highest BCUT2D eigenvalue weighted by Gasteiger charge is 2.16. The summed E-state index contributed by atoms with van der Waals surface area (Å²) in [6.45, 7) is 0.178. The van der Waals surface area contributed by atoms with Crippen LogP contribution in [0.1, 0.15) is 21.8 Å². The summed E-state index contributed by atoms with van der Waals surface area (Å²) in [6, 6.07) is 9.50. The number of rotatable bonds is 6. The number of nitrogens with zero attached hydrogens (tertiary/aromatic N) is 2. The highest BCUT2D eigenvalue weighted by molar-refractivity contribution is 7.14. The van der Waals surface area contributed by atoms with E-state index in [1.807, 2.05) is 0 Å². The fraction of sp³-hybridized carbons (Fsp3) is 0.167. The molecular formula is C18H16FN3O3S. The van der Waals surface area contributed by atoms with Crippen LogP contribution in [0.2, 0.25) is 0 Å². The fourth-order valence-corrected chi connectivity index (χ4v) is 2.98. The molecule has 2 amide bonds. The van der Waals surface area contributed by atoms with E-state index in [4.69, 9.17) is 4.42 Å². The van der Waals surface area contributed by atoms with Gasteiger partial charge in [-0.25, -0.2) is 9.37 Å². The van der Waals surface area contributed by atoms with E-state index in [2.05, 4.69) is 10.3 Å². The van der Waals surface area contributed by atoms with Gasteiger partial charge in [-0.05, 0) is 18.2 Å². The Morgan fingerprint density at radius 3 is 2.81 bits per heavy atom. The molecule has 2 heterocycles. The predicted octanol–water partition coefficient (Wildman–Crippen LogP) is 3.33. The maximum absolute atomic E-state index is 13.7. The van der Waals surface area contributed by atoms with Crippen molar-refractivity contribution in [2.75, 3.05) is 12.4 Å². The molecule has 0 atom stereocenters. The minimum absolute atomic E-state index is 0.0675. The predicted molar refractivity (Wildman–Crippen MR) is 95.4 cm³/mol. The number of thiazole rings is 1. The largest absolute Gasteiger partial charge is 0.459 e. The van der Waals surface area contributed by atoms with Crippen LogP contribution >= 0.6 is 11.3 Å². The van der Waals surface area contributed by atoms with Crippen molar-refractivity contribution in [3.05, 3.63) is 70.9 Å². The molecule has 3 rings (SSSR count). The first-order valence-corrected chi connectivity index (χ1v) is 8.67. The van der Waals surface area contributed by atoms with Crippen molar-refractivity contribution in [1.29, 1.82) is 0 Å². The number of benzene rings is 1. The molecule has 6 nitrogen and oxygen atoms in total. The molecule has 0 saturated carbocycles. The lowest BCUT2D eigenvalue weighted by Crippen LogP contribution is -2.28. The van der Waals surface area contributed by atoms with Crippen LogP contribution in [-0.2, 0) is 17.8 Å². The summed E-state index contributed by atoms with van der Waals surface area (Å²) in [5.41, 5.74) is 0.989. The average molecular weight is 373 g/mol. The molecule has 0 saturated heterocycles.